The predicted molar refractivity (Wildman–Crippen MR) is 185 cm³/mol. The number of anilines is 1. The third-order valence-corrected chi connectivity index (χ3v) is 9.35. The van der Waals surface area contributed by atoms with Gasteiger partial charge < -0.3 is 20.6 Å². The number of rotatable bonds is 13. The SMILES string of the molecule is CCCC(=O)N1C(Cc2cccnc2)C(=O)N(c2ccc(C=C(NC(=O)C3(CCNC(C)=O)CCCC3)C(=O)O)cc2)C1c1ccccc1. The molecule has 2 aromatic carbocycles. The molecule has 3 N–H and O–H groups in total. The Morgan fingerprint density at radius 3 is 2.33 bits per heavy atom. The van der Waals surface area contributed by atoms with E-state index >= 15 is 0 Å². The van der Waals surface area contributed by atoms with Crippen molar-refractivity contribution in [3.63, 3.8) is 0 Å². The molecule has 2 aliphatic rings. The average Bonchev–Trinajstić information content (AvgIpc) is 3.69. The molecule has 11 heteroatoms. The molecular formula is C38H43N5O6. The second kappa shape index (κ2) is 15.7. The highest BCUT2D eigenvalue weighted by molar-refractivity contribution is 6.04. The van der Waals surface area contributed by atoms with E-state index in [1.807, 2.05) is 43.3 Å². The van der Waals surface area contributed by atoms with Crippen LogP contribution in [-0.4, -0.2) is 57.2 Å². The highest BCUT2D eigenvalue weighted by Crippen LogP contribution is 2.42. The summed E-state index contributed by atoms with van der Waals surface area (Å²) in [7, 11) is 0. The number of carboxylic acid groups (broad SMARTS) is 1. The van der Waals surface area contributed by atoms with Crippen molar-refractivity contribution in [2.24, 2.45) is 5.41 Å². The second-order valence-corrected chi connectivity index (χ2v) is 12.8. The number of hydrogen-bond donors (Lipinski definition) is 3. The van der Waals surface area contributed by atoms with Crippen molar-refractivity contribution in [3.05, 3.63) is 102 Å². The molecule has 3 aromatic rings. The lowest BCUT2D eigenvalue weighted by molar-refractivity contribution is -0.137. The normalized spacial score (nSPS) is 18.7. The van der Waals surface area contributed by atoms with Crippen LogP contribution >= 0.6 is 0 Å². The van der Waals surface area contributed by atoms with Crippen molar-refractivity contribution in [2.45, 2.75) is 77.4 Å². The van der Waals surface area contributed by atoms with Gasteiger partial charge in [-0.1, -0.05) is 68.3 Å². The fourth-order valence-electron chi connectivity index (χ4n) is 6.90. The zero-order chi connectivity index (χ0) is 35.0. The Bertz CT molecular complexity index is 1690. The number of carboxylic acids is 1. The van der Waals surface area contributed by atoms with E-state index in [0.29, 0.717) is 49.9 Å². The van der Waals surface area contributed by atoms with Crippen LogP contribution in [0.5, 0.6) is 0 Å². The number of benzene rings is 2. The van der Waals surface area contributed by atoms with Gasteiger partial charge in [0.1, 0.15) is 17.9 Å². The maximum Gasteiger partial charge on any atom is 0.352 e. The highest BCUT2D eigenvalue weighted by Gasteiger charge is 2.49. The fraction of sp³-hybridized carbons (Fsp3) is 0.368. The summed E-state index contributed by atoms with van der Waals surface area (Å²) in [6, 6.07) is 19.2. The van der Waals surface area contributed by atoms with Gasteiger partial charge in [0.05, 0.1) is 5.41 Å². The number of nitrogens with zero attached hydrogens (tertiary/aromatic N) is 3. The number of aliphatic carboxylic acids is 1. The number of carbonyl (C=O) groups is 5. The van der Waals surface area contributed by atoms with Crippen molar-refractivity contribution >= 4 is 41.4 Å². The van der Waals surface area contributed by atoms with Crippen molar-refractivity contribution in [3.8, 4) is 0 Å². The highest BCUT2D eigenvalue weighted by atomic mass is 16.4. The monoisotopic (exact) mass is 665 g/mol. The Hall–Kier alpha value is -5.32. The number of amides is 4. The molecule has 49 heavy (non-hydrogen) atoms. The maximum absolute atomic E-state index is 14.3. The summed E-state index contributed by atoms with van der Waals surface area (Å²) in [6.45, 7) is 3.68. The summed E-state index contributed by atoms with van der Waals surface area (Å²) in [6.07, 6.45) is 8.65. The van der Waals surface area contributed by atoms with Gasteiger partial charge >= 0.3 is 5.97 Å². The molecule has 1 saturated carbocycles. The molecule has 0 radical (unpaired) electrons. The molecule has 11 nitrogen and oxygen atoms in total. The maximum atomic E-state index is 14.3. The van der Waals surface area contributed by atoms with Crippen LogP contribution in [0.1, 0.15) is 81.6 Å². The lowest BCUT2D eigenvalue weighted by Gasteiger charge is -2.32. The molecule has 2 atom stereocenters. The van der Waals surface area contributed by atoms with E-state index in [9.17, 15) is 29.1 Å². The predicted octanol–water partition coefficient (Wildman–Crippen LogP) is 5.00. The van der Waals surface area contributed by atoms with Gasteiger partial charge in [0, 0.05) is 44.4 Å². The second-order valence-electron chi connectivity index (χ2n) is 12.8. The van der Waals surface area contributed by atoms with Crippen LogP contribution in [0.15, 0.2) is 84.8 Å². The quantitative estimate of drug-likeness (QED) is 0.218. The van der Waals surface area contributed by atoms with E-state index < -0.39 is 23.6 Å². The zero-order valence-corrected chi connectivity index (χ0v) is 27.9. The van der Waals surface area contributed by atoms with Gasteiger partial charge in [0.25, 0.3) is 5.91 Å². The van der Waals surface area contributed by atoms with Gasteiger partial charge in [0.15, 0.2) is 0 Å². The van der Waals surface area contributed by atoms with Crippen LogP contribution in [-0.2, 0) is 30.4 Å². The minimum Gasteiger partial charge on any atom is -0.477 e. The van der Waals surface area contributed by atoms with Crippen LogP contribution in [0.2, 0.25) is 0 Å². The Morgan fingerprint density at radius 2 is 1.71 bits per heavy atom. The van der Waals surface area contributed by atoms with Crippen LogP contribution in [0.3, 0.4) is 0 Å². The van der Waals surface area contributed by atoms with E-state index in [-0.39, 0.29) is 35.7 Å². The first-order valence-electron chi connectivity index (χ1n) is 16.8. The lowest BCUT2D eigenvalue weighted by Crippen LogP contribution is -2.42. The third-order valence-electron chi connectivity index (χ3n) is 9.35. The molecule has 5 rings (SSSR count). The van der Waals surface area contributed by atoms with Gasteiger partial charge in [-0.25, -0.2) is 4.79 Å². The summed E-state index contributed by atoms with van der Waals surface area (Å²) < 4.78 is 0. The number of aromatic nitrogens is 1. The van der Waals surface area contributed by atoms with Gasteiger partial charge in [0.2, 0.25) is 17.7 Å². The molecule has 1 aliphatic heterocycles. The van der Waals surface area contributed by atoms with Crippen LogP contribution in [0.4, 0.5) is 5.69 Å². The van der Waals surface area contributed by atoms with Crippen LogP contribution in [0.25, 0.3) is 6.08 Å². The van der Waals surface area contributed by atoms with Crippen LogP contribution in [0, 0.1) is 5.41 Å². The molecule has 2 unspecified atom stereocenters. The van der Waals surface area contributed by atoms with Crippen LogP contribution < -0.4 is 15.5 Å². The Labute approximate surface area is 286 Å². The van der Waals surface area contributed by atoms with Crippen molar-refractivity contribution in [1.82, 2.24) is 20.5 Å². The zero-order valence-electron chi connectivity index (χ0n) is 27.9. The van der Waals surface area contributed by atoms with E-state index in [4.69, 9.17) is 0 Å². The third kappa shape index (κ3) is 8.05. The summed E-state index contributed by atoms with van der Waals surface area (Å²) >= 11 is 0. The Balaban J connectivity index is 1.45. The molecule has 2 heterocycles. The van der Waals surface area contributed by atoms with Crippen molar-refractivity contribution in [1.29, 1.82) is 0 Å². The minimum absolute atomic E-state index is 0.125. The molecular weight excluding hydrogens is 622 g/mol. The van der Waals surface area contributed by atoms with E-state index in [1.54, 1.807) is 52.5 Å². The standard InChI is InChI=1S/C38H43N5O6/c1-3-10-33(45)43-32(24-28-11-9-21-39-25-28)35(46)42(34(43)29-12-5-4-6-13-29)30-16-14-27(15-17-30)23-31(36(47)48)41-37(49)38(18-7-8-19-38)20-22-40-26(2)44/h4-6,9,11-17,21,23,25,32,34H,3,7-8,10,18-20,22,24H2,1-2H3,(H,40,44)(H,41,49)(H,47,48). The molecule has 0 spiro atoms. The molecule has 256 valence electrons. The summed E-state index contributed by atoms with van der Waals surface area (Å²) in [5.41, 5.74) is 1.65. The van der Waals surface area contributed by atoms with E-state index in [2.05, 4.69) is 15.6 Å². The summed E-state index contributed by atoms with van der Waals surface area (Å²) in [4.78, 5) is 72.7. The summed E-state index contributed by atoms with van der Waals surface area (Å²) in [5, 5.41) is 15.4. The minimum atomic E-state index is -1.28. The van der Waals surface area contributed by atoms with E-state index in [1.165, 1.54) is 13.0 Å². The molecule has 1 saturated heterocycles. The topological polar surface area (TPSA) is 149 Å². The first-order chi connectivity index (χ1) is 23.6. The molecule has 1 aliphatic carbocycles. The largest absolute Gasteiger partial charge is 0.477 e. The first-order valence-corrected chi connectivity index (χ1v) is 16.8. The van der Waals surface area contributed by atoms with Gasteiger partial charge in [-0.15, -0.1) is 0 Å². The smallest absolute Gasteiger partial charge is 0.352 e. The first kappa shape index (κ1) is 35.0. The molecule has 0 bridgehead atoms. The lowest BCUT2D eigenvalue weighted by atomic mass is 9.81. The fourth-order valence-corrected chi connectivity index (χ4v) is 6.90. The van der Waals surface area contributed by atoms with Gasteiger partial charge in [-0.05, 0) is 66.6 Å². The molecule has 2 fully saturated rings. The number of nitrogens with one attached hydrogen (secondary N) is 2. The molecule has 1 aromatic heterocycles. The molecule has 4 amide bonds. The number of carbonyl (C=O) groups excluding carboxylic acids is 4. The summed E-state index contributed by atoms with van der Waals surface area (Å²) in [5.74, 6) is -2.19. The van der Waals surface area contributed by atoms with Gasteiger partial charge in [-0.3, -0.25) is 29.1 Å². The Kier molecular flexibility index (Phi) is 11.2. The van der Waals surface area contributed by atoms with E-state index in [0.717, 1.165) is 24.0 Å². The van der Waals surface area contributed by atoms with Gasteiger partial charge in [-0.2, -0.15) is 0 Å². The number of hydrogen-bond acceptors (Lipinski definition) is 6. The van der Waals surface area contributed by atoms with Crippen molar-refractivity contribution < 1.29 is 29.1 Å². The Morgan fingerprint density at radius 1 is 1.00 bits per heavy atom. The number of pyridine rings is 1. The van der Waals surface area contributed by atoms with Crippen molar-refractivity contribution in [2.75, 3.05) is 11.4 Å². The average molecular weight is 666 g/mol.